The molecule has 1 saturated heterocycles. The molecule has 0 N–H and O–H groups in total. The van der Waals surface area contributed by atoms with Crippen molar-refractivity contribution in [2.24, 2.45) is 0 Å². The molecular weight excluding hydrogens is 456 g/mol. The minimum atomic E-state index is -0.0572. The standard InChI is InChI=1S/C25H27BrN2O3/c1-18-13-19(2)15-22(14-18)30-17-21-7-8-24(31-21)25(29)28-11-9-27(10-12-28)16-20-5-3-4-6-23(20)26/h3-8,13-15H,9-12,16-17H2,1-2H3. The van der Waals surface area contributed by atoms with Crippen molar-refractivity contribution in [3.8, 4) is 5.75 Å². The number of hydrogen-bond acceptors (Lipinski definition) is 4. The van der Waals surface area contributed by atoms with Gasteiger partial charge in [-0.1, -0.05) is 40.2 Å². The van der Waals surface area contributed by atoms with E-state index in [2.05, 4.69) is 45.1 Å². The summed E-state index contributed by atoms with van der Waals surface area (Å²) in [5, 5.41) is 0. The lowest BCUT2D eigenvalue weighted by Crippen LogP contribution is -2.48. The zero-order chi connectivity index (χ0) is 21.8. The van der Waals surface area contributed by atoms with Crippen molar-refractivity contribution < 1.29 is 13.9 Å². The Morgan fingerprint density at radius 1 is 1.00 bits per heavy atom. The highest BCUT2D eigenvalue weighted by Gasteiger charge is 2.24. The van der Waals surface area contributed by atoms with Crippen LogP contribution < -0.4 is 4.74 Å². The number of furan rings is 1. The molecule has 0 spiro atoms. The fourth-order valence-electron chi connectivity index (χ4n) is 3.87. The van der Waals surface area contributed by atoms with Crippen LogP contribution in [0, 0.1) is 13.8 Å². The number of ether oxygens (including phenoxy) is 1. The molecule has 2 aromatic carbocycles. The van der Waals surface area contributed by atoms with E-state index in [0.717, 1.165) is 41.0 Å². The molecule has 3 aromatic rings. The SMILES string of the molecule is Cc1cc(C)cc(OCc2ccc(C(=O)N3CCN(Cc4ccccc4Br)CC3)o2)c1. The maximum absolute atomic E-state index is 12.9. The number of carbonyl (C=O) groups is 1. The normalized spacial score (nSPS) is 14.6. The van der Waals surface area contributed by atoms with E-state index in [1.165, 1.54) is 5.56 Å². The van der Waals surface area contributed by atoms with Gasteiger partial charge in [-0.25, -0.2) is 0 Å². The first kappa shape index (κ1) is 21.7. The monoisotopic (exact) mass is 482 g/mol. The molecule has 1 fully saturated rings. The third-order valence-electron chi connectivity index (χ3n) is 5.46. The quantitative estimate of drug-likeness (QED) is 0.484. The first-order valence-corrected chi connectivity index (χ1v) is 11.3. The summed E-state index contributed by atoms with van der Waals surface area (Å²) in [5.41, 5.74) is 3.58. The van der Waals surface area contributed by atoms with Gasteiger partial charge in [0, 0.05) is 37.2 Å². The molecule has 0 aliphatic carbocycles. The molecule has 0 unspecified atom stereocenters. The van der Waals surface area contributed by atoms with Gasteiger partial charge < -0.3 is 14.1 Å². The highest BCUT2D eigenvalue weighted by atomic mass is 79.9. The van der Waals surface area contributed by atoms with Crippen LogP contribution >= 0.6 is 15.9 Å². The van der Waals surface area contributed by atoms with Gasteiger partial charge in [0.15, 0.2) is 5.76 Å². The second-order valence-electron chi connectivity index (χ2n) is 8.04. The van der Waals surface area contributed by atoms with Crippen molar-refractivity contribution in [3.05, 3.63) is 87.3 Å². The fourth-order valence-corrected chi connectivity index (χ4v) is 4.28. The summed E-state index contributed by atoms with van der Waals surface area (Å²) in [5.74, 6) is 1.77. The zero-order valence-electron chi connectivity index (χ0n) is 17.9. The molecule has 2 heterocycles. The Morgan fingerprint density at radius 2 is 1.71 bits per heavy atom. The average molecular weight is 483 g/mol. The lowest BCUT2D eigenvalue weighted by molar-refractivity contribution is 0.0594. The van der Waals surface area contributed by atoms with Crippen molar-refractivity contribution in [2.75, 3.05) is 26.2 Å². The summed E-state index contributed by atoms with van der Waals surface area (Å²) in [6.45, 7) is 8.34. The molecule has 0 bridgehead atoms. The van der Waals surface area contributed by atoms with E-state index in [-0.39, 0.29) is 5.91 Å². The number of nitrogens with zero attached hydrogens (tertiary/aromatic N) is 2. The van der Waals surface area contributed by atoms with Crippen molar-refractivity contribution in [1.82, 2.24) is 9.80 Å². The molecule has 162 valence electrons. The molecule has 0 radical (unpaired) electrons. The largest absolute Gasteiger partial charge is 0.486 e. The number of aryl methyl sites for hydroxylation is 2. The second-order valence-corrected chi connectivity index (χ2v) is 8.89. The first-order valence-electron chi connectivity index (χ1n) is 10.5. The summed E-state index contributed by atoms with van der Waals surface area (Å²) < 4.78 is 12.8. The minimum absolute atomic E-state index is 0.0572. The van der Waals surface area contributed by atoms with E-state index in [1.54, 1.807) is 6.07 Å². The van der Waals surface area contributed by atoms with E-state index < -0.39 is 0 Å². The van der Waals surface area contributed by atoms with Gasteiger partial charge in [0.05, 0.1) is 0 Å². The van der Waals surface area contributed by atoms with Gasteiger partial charge in [0.2, 0.25) is 0 Å². The van der Waals surface area contributed by atoms with Crippen LogP contribution in [0.4, 0.5) is 0 Å². The smallest absolute Gasteiger partial charge is 0.289 e. The molecular formula is C25H27BrN2O3. The number of benzene rings is 2. The molecule has 1 aromatic heterocycles. The first-order chi connectivity index (χ1) is 15.0. The maximum Gasteiger partial charge on any atom is 0.289 e. The molecule has 5 nitrogen and oxygen atoms in total. The van der Waals surface area contributed by atoms with E-state index >= 15 is 0 Å². The Labute approximate surface area is 191 Å². The van der Waals surface area contributed by atoms with Crippen molar-refractivity contribution in [1.29, 1.82) is 0 Å². The lowest BCUT2D eigenvalue weighted by Gasteiger charge is -2.34. The minimum Gasteiger partial charge on any atom is -0.486 e. The molecule has 6 heteroatoms. The summed E-state index contributed by atoms with van der Waals surface area (Å²) in [7, 11) is 0. The van der Waals surface area contributed by atoms with Crippen molar-refractivity contribution >= 4 is 21.8 Å². The van der Waals surface area contributed by atoms with E-state index in [9.17, 15) is 4.79 Å². The summed E-state index contributed by atoms with van der Waals surface area (Å²) in [4.78, 5) is 17.1. The maximum atomic E-state index is 12.9. The number of rotatable bonds is 6. The van der Waals surface area contributed by atoms with E-state index in [1.807, 2.05) is 43.0 Å². The lowest BCUT2D eigenvalue weighted by atomic mass is 10.1. The molecule has 1 aliphatic heterocycles. The van der Waals surface area contributed by atoms with Crippen LogP contribution in [0.2, 0.25) is 0 Å². The summed E-state index contributed by atoms with van der Waals surface area (Å²) >= 11 is 3.61. The number of carbonyl (C=O) groups excluding carboxylic acids is 1. The molecule has 1 amide bonds. The van der Waals surface area contributed by atoms with Crippen LogP contribution in [0.5, 0.6) is 5.75 Å². The van der Waals surface area contributed by atoms with Crippen LogP contribution in [0.1, 0.15) is 33.0 Å². The third-order valence-corrected chi connectivity index (χ3v) is 6.23. The Balaban J connectivity index is 1.29. The van der Waals surface area contributed by atoms with Crippen molar-refractivity contribution in [3.63, 3.8) is 0 Å². The van der Waals surface area contributed by atoms with Gasteiger partial charge in [0.25, 0.3) is 5.91 Å². The van der Waals surface area contributed by atoms with Crippen LogP contribution in [-0.2, 0) is 13.2 Å². The van der Waals surface area contributed by atoms with Crippen molar-refractivity contribution in [2.45, 2.75) is 27.0 Å². The topological polar surface area (TPSA) is 45.9 Å². The third kappa shape index (κ3) is 5.57. The molecule has 0 atom stereocenters. The highest BCUT2D eigenvalue weighted by Crippen LogP contribution is 2.21. The summed E-state index contributed by atoms with van der Waals surface area (Å²) in [6.07, 6.45) is 0. The van der Waals surface area contributed by atoms with Gasteiger partial charge in [0.1, 0.15) is 18.1 Å². The van der Waals surface area contributed by atoms with E-state index in [4.69, 9.17) is 9.15 Å². The number of amides is 1. The average Bonchev–Trinajstić information content (AvgIpc) is 3.22. The number of halogens is 1. The van der Waals surface area contributed by atoms with Gasteiger partial charge in [-0.2, -0.15) is 0 Å². The van der Waals surface area contributed by atoms with Crippen LogP contribution in [-0.4, -0.2) is 41.9 Å². The predicted octanol–water partition coefficient (Wildman–Crippen LogP) is 5.20. The fraction of sp³-hybridized carbons (Fsp3) is 0.320. The van der Waals surface area contributed by atoms with E-state index in [0.29, 0.717) is 31.2 Å². The highest BCUT2D eigenvalue weighted by molar-refractivity contribution is 9.10. The second kappa shape index (κ2) is 9.71. The molecule has 0 saturated carbocycles. The number of piperazine rings is 1. The Morgan fingerprint density at radius 3 is 2.42 bits per heavy atom. The summed E-state index contributed by atoms with van der Waals surface area (Å²) in [6, 6.07) is 17.9. The van der Waals surface area contributed by atoms with Gasteiger partial charge >= 0.3 is 0 Å². The Kier molecular flexibility index (Phi) is 6.78. The Bertz CT molecular complexity index is 1030. The predicted molar refractivity (Wildman–Crippen MR) is 124 cm³/mol. The molecule has 4 rings (SSSR count). The van der Waals surface area contributed by atoms with Crippen LogP contribution in [0.15, 0.2) is 63.5 Å². The molecule has 1 aliphatic rings. The van der Waals surface area contributed by atoms with Gasteiger partial charge in [-0.05, 0) is 60.9 Å². The molecule has 31 heavy (non-hydrogen) atoms. The van der Waals surface area contributed by atoms with Crippen LogP contribution in [0.25, 0.3) is 0 Å². The van der Waals surface area contributed by atoms with Gasteiger partial charge in [-0.15, -0.1) is 0 Å². The zero-order valence-corrected chi connectivity index (χ0v) is 19.5. The van der Waals surface area contributed by atoms with Gasteiger partial charge in [-0.3, -0.25) is 9.69 Å². The number of hydrogen-bond donors (Lipinski definition) is 0. The van der Waals surface area contributed by atoms with Crippen LogP contribution in [0.3, 0.4) is 0 Å². The Hall–Kier alpha value is -2.57.